The quantitative estimate of drug-likeness (QED) is 0.324. The number of nitrogens with zero attached hydrogens (tertiary/aromatic N) is 1. The molecule has 1 aliphatic rings. The van der Waals surface area contributed by atoms with E-state index in [2.05, 4.69) is 91.0 Å². The van der Waals surface area contributed by atoms with Crippen molar-refractivity contribution in [3.8, 4) is 0 Å². The fourth-order valence-electron chi connectivity index (χ4n) is 2.60. The van der Waals surface area contributed by atoms with Gasteiger partial charge in [0.15, 0.2) is 0 Å². The van der Waals surface area contributed by atoms with Crippen LogP contribution < -0.4 is 5.32 Å². The molecular weight excluding hydrogens is 425 g/mol. The van der Waals surface area contributed by atoms with Gasteiger partial charge in [-0.15, -0.1) is 19.8 Å². The number of halogens is 3. The van der Waals surface area contributed by atoms with Crippen LogP contribution in [0.3, 0.4) is 0 Å². The van der Waals surface area contributed by atoms with Crippen molar-refractivity contribution >= 4 is 0 Å². The van der Waals surface area contributed by atoms with Crippen LogP contribution in [-0.4, -0.2) is 31.0 Å². The fraction of sp³-hybridized carbons (Fsp3) is 0.481. The maximum absolute atomic E-state index is 11.0. The Morgan fingerprint density at radius 2 is 1.70 bits per heavy atom. The summed E-state index contributed by atoms with van der Waals surface area (Å²) >= 11 is 0. The van der Waals surface area contributed by atoms with E-state index in [1.54, 1.807) is 0 Å². The number of hydrogen-bond acceptors (Lipinski definition) is 3. The minimum Gasteiger partial charge on any atom is -0.347 e. The fourth-order valence-corrected chi connectivity index (χ4v) is 2.60. The first-order valence-corrected chi connectivity index (χ1v) is 11.6. The van der Waals surface area contributed by atoms with Crippen molar-refractivity contribution in [1.29, 1.82) is 0 Å². The molecule has 33 heavy (non-hydrogen) atoms. The summed E-state index contributed by atoms with van der Waals surface area (Å²) in [5.41, 5.74) is 5.43. The lowest BCUT2D eigenvalue weighted by Gasteiger charge is -2.28. The summed E-state index contributed by atoms with van der Waals surface area (Å²) in [5.74, 6) is 0. The van der Waals surface area contributed by atoms with Crippen LogP contribution in [0.15, 0.2) is 78.2 Å². The number of benzene rings is 1. The van der Waals surface area contributed by atoms with Gasteiger partial charge in [-0.05, 0) is 38.3 Å². The summed E-state index contributed by atoms with van der Waals surface area (Å²) in [5, 5.41) is 3.39. The van der Waals surface area contributed by atoms with E-state index in [1.165, 1.54) is 22.4 Å². The van der Waals surface area contributed by atoms with Crippen molar-refractivity contribution in [1.82, 2.24) is 10.2 Å². The first kappa shape index (κ1) is 32.9. The monoisotopic (exact) mass is 468 g/mol. The average Bonchev–Trinajstić information content (AvgIpc) is 2.85. The maximum atomic E-state index is 11.0. The van der Waals surface area contributed by atoms with E-state index < -0.39 is 13.0 Å². The number of rotatable bonds is 7. The molecule has 0 unspecified atom stereocenters. The lowest BCUT2D eigenvalue weighted by atomic mass is 10.1. The summed E-state index contributed by atoms with van der Waals surface area (Å²) in [6, 6.07) is 10.7. The van der Waals surface area contributed by atoms with Crippen molar-refractivity contribution in [2.45, 2.75) is 67.8 Å². The Bertz CT molecular complexity index is 708. The van der Waals surface area contributed by atoms with Crippen molar-refractivity contribution in [2.24, 2.45) is 0 Å². The van der Waals surface area contributed by atoms with Gasteiger partial charge in [-0.3, -0.25) is 4.74 Å². The summed E-state index contributed by atoms with van der Waals surface area (Å²) < 4.78 is 36.2. The molecule has 0 saturated carbocycles. The molecule has 1 N–H and O–H groups in total. The van der Waals surface area contributed by atoms with Crippen LogP contribution in [0, 0.1) is 0 Å². The highest BCUT2D eigenvalue weighted by molar-refractivity contribution is 5.28. The first-order valence-electron chi connectivity index (χ1n) is 11.6. The average molecular weight is 469 g/mol. The molecule has 0 aromatic heterocycles. The Morgan fingerprint density at radius 3 is 2.12 bits per heavy atom. The van der Waals surface area contributed by atoms with Gasteiger partial charge >= 0.3 is 6.36 Å². The van der Waals surface area contributed by atoms with Gasteiger partial charge < -0.3 is 10.2 Å². The number of allylic oxidation sites excluding steroid dienone is 3. The Morgan fingerprint density at radius 1 is 1.09 bits per heavy atom. The van der Waals surface area contributed by atoms with E-state index in [0.717, 1.165) is 32.1 Å². The number of nitrogens with one attached hydrogen (secondary N) is 1. The minimum absolute atomic E-state index is 0.483. The minimum atomic E-state index is -4.52. The van der Waals surface area contributed by atoms with Crippen molar-refractivity contribution in [2.75, 3.05) is 19.7 Å². The maximum Gasteiger partial charge on any atom is 0.522 e. The molecule has 0 radical (unpaired) electrons. The Labute approximate surface area is 199 Å². The van der Waals surface area contributed by atoms with Crippen LogP contribution in [0.2, 0.25) is 0 Å². The number of alkyl halides is 3. The van der Waals surface area contributed by atoms with E-state index >= 15 is 0 Å². The molecule has 0 spiro atoms. The van der Waals surface area contributed by atoms with Gasteiger partial charge in [0.1, 0.15) is 0 Å². The molecule has 0 atom stereocenters. The SMILES string of the molecule is C/C=C(C)/C(C)=C/N(Cc1ccccc1)C1=CCNCC1.C=CCOC(F)(F)F.CC.CC. The third kappa shape index (κ3) is 16.9. The molecule has 1 aromatic carbocycles. The van der Waals surface area contributed by atoms with Gasteiger partial charge in [0, 0.05) is 31.5 Å². The largest absolute Gasteiger partial charge is 0.522 e. The molecule has 1 heterocycles. The molecule has 0 amide bonds. The predicted octanol–water partition coefficient (Wildman–Crippen LogP) is 8.00. The molecule has 0 bridgehead atoms. The molecule has 0 aliphatic carbocycles. The normalized spacial score (nSPS) is 13.7. The second kappa shape index (κ2) is 20.3. The van der Waals surface area contributed by atoms with Crippen LogP contribution in [0.25, 0.3) is 0 Å². The topological polar surface area (TPSA) is 24.5 Å². The van der Waals surface area contributed by atoms with Gasteiger partial charge in [-0.25, -0.2) is 0 Å². The van der Waals surface area contributed by atoms with Crippen molar-refractivity contribution in [3.63, 3.8) is 0 Å². The highest BCUT2D eigenvalue weighted by atomic mass is 19.4. The molecule has 1 aromatic rings. The van der Waals surface area contributed by atoms with Crippen LogP contribution in [0.5, 0.6) is 0 Å². The van der Waals surface area contributed by atoms with Crippen LogP contribution in [0.4, 0.5) is 13.2 Å². The van der Waals surface area contributed by atoms with Crippen LogP contribution in [0.1, 0.15) is 60.5 Å². The molecule has 1 aliphatic heterocycles. The van der Waals surface area contributed by atoms with E-state index in [9.17, 15) is 13.2 Å². The van der Waals surface area contributed by atoms with Gasteiger partial charge in [-0.2, -0.15) is 0 Å². The van der Waals surface area contributed by atoms with Crippen LogP contribution >= 0.6 is 0 Å². The highest BCUT2D eigenvalue weighted by Gasteiger charge is 2.27. The van der Waals surface area contributed by atoms with Crippen LogP contribution in [-0.2, 0) is 11.3 Å². The molecule has 0 fully saturated rings. The van der Waals surface area contributed by atoms with Gasteiger partial charge in [-0.1, -0.05) is 81.8 Å². The lowest BCUT2D eigenvalue weighted by Crippen LogP contribution is -2.27. The van der Waals surface area contributed by atoms with E-state index in [1.807, 2.05) is 27.7 Å². The van der Waals surface area contributed by atoms with E-state index in [0.29, 0.717) is 0 Å². The van der Waals surface area contributed by atoms with Gasteiger partial charge in [0.05, 0.1) is 6.61 Å². The predicted molar refractivity (Wildman–Crippen MR) is 136 cm³/mol. The second-order valence-corrected chi connectivity index (χ2v) is 6.59. The zero-order valence-corrected chi connectivity index (χ0v) is 21.4. The van der Waals surface area contributed by atoms with E-state index in [-0.39, 0.29) is 0 Å². The summed E-state index contributed by atoms with van der Waals surface area (Å²) in [4.78, 5) is 2.40. The van der Waals surface area contributed by atoms with Gasteiger partial charge in [0.2, 0.25) is 0 Å². The molecule has 3 nitrogen and oxygen atoms in total. The molecule has 0 saturated heterocycles. The smallest absolute Gasteiger partial charge is 0.347 e. The Kier molecular flexibility index (Phi) is 20.2. The third-order valence-electron chi connectivity index (χ3n) is 4.37. The summed E-state index contributed by atoms with van der Waals surface area (Å²) in [6.45, 7) is 20.0. The second-order valence-electron chi connectivity index (χ2n) is 6.59. The van der Waals surface area contributed by atoms with Gasteiger partial charge in [0.25, 0.3) is 0 Å². The standard InChI is InChI=1S/C19H26N2.C4H5F3O.2C2H6/c1-4-16(2)17(3)14-21(19-10-12-20-13-11-19)15-18-8-6-5-7-9-18;1-2-3-8-4(5,6)7;2*1-2/h4-10,14,20H,11-13,15H2,1-3H3;2H,1,3H2;2*1-2H3/b16-4+,17-14+;;;. The number of hydrogen-bond donors (Lipinski definition) is 1. The molecule has 6 heteroatoms. The zero-order chi connectivity index (χ0) is 25.7. The van der Waals surface area contributed by atoms with E-state index in [4.69, 9.17) is 0 Å². The third-order valence-corrected chi connectivity index (χ3v) is 4.37. The Balaban J connectivity index is 0. The molecule has 2 rings (SSSR count). The molecular formula is C27H43F3N2O. The highest BCUT2D eigenvalue weighted by Crippen LogP contribution is 2.19. The summed E-state index contributed by atoms with van der Waals surface area (Å²) in [6.07, 6.45) is 4.37. The lowest BCUT2D eigenvalue weighted by molar-refractivity contribution is -0.319. The van der Waals surface area contributed by atoms with Crippen molar-refractivity contribution in [3.05, 3.63) is 83.7 Å². The first-order chi connectivity index (χ1) is 15.8. The Hall–Kier alpha value is -2.31. The zero-order valence-electron chi connectivity index (χ0n) is 21.4. The molecule has 188 valence electrons. The van der Waals surface area contributed by atoms with Crippen molar-refractivity contribution < 1.29 is 17.9 Å². The summed E-state index contributed by atoms with van der Waals surface area (Å²) in [7, 11) is 0. The number of ether oxygens (including phenoxy) is 1.